The minimum atomic E-state index is 0. The highest BCUT2D eigenvalue weighted by Gasteiger charge is 2.38. The van der Waals surface area contributed by atoms with Gasteiger partial charge in [0, 0.05) is 19.6 Å². The summed E-state index contributed by atoms with van der Waals surface area (Å²) in [5.74, 6) is 0.184. The Balaban J connectivity index is 0.00000110. The van der Waals surface area contributed by atoms with Crippen molar-refractivity contribution in [3.8, 4) is 0 Å². The van der Waals surface area contributed by atoms with Crippen LogP contribution in [0.2, 0.25) is 0 Å². The molecule has 0 aliphatic carbocycles. The van der Waals surface area contributed by atoms with E-state index in [9.17, 15) is 4.79 Å². The predicted octanol–water partition coefficient (Wildman–Crippen LogP) is 2.82. The normalized spacial score (nSPS) is 20.0. The summed E-state index contributed by atoms with van der Waals surface area (Å²) in [5, 5.41) is 4.44. The summed E-state index contributed by atoms with van der Waals surface area (Å²) in [6, 6.07) is 0. The van der Waals surface area contributed by atoms with Crippen LogP contribution in [0.3, 0.4) is 0 Å². The van der Waals surface area contributed by atoms with Crippen LogP contribution >= 0.6 is 36.2 Å². The molecule has 2 fully saturated rings. The molecule has 1 aromatic heterocycles. The van der Waals surface area contributed by atoms with Gasteiger partial charge in [-0.3, -0.25) is 4.79 Å². The second-order valence-electron chi connectivity index (χ2n) is 5.87. The Morgan fingerprint density at radius 2 is 1.90 bits per heavy atom. The highest BCUT2D eigenvalue weighted by molar-refractivity contribution is 7.13. The van der Waals surface area contributed by atoms with Crippen LogP contribution in [0.15, 0.2) is 0 Å². The largest absolute Gasteiger partial charge is 0.338 e. The lowest BCUT2D eigenvalue weighted by atomic mass is 9.78. The summed E-state index contributed by atoms with van der Waals surface area (Å²) < 4.78 is 0. The highest BCUT2D eigenvalue weighted by atomic mass is 35.5. The van der Waals surface area contributed by atoms with E-state index in [2.05, 4.69) is 10.3 Å². The summed E-state index contributed by atoms with van der Waals surface area (Å²) in [5.41, 5.74) is 1.35. The number of piperidine rings is 1. The summed E-state index contributed by atoms with van der Waals surface area (Å²) in [6.07, 6.45) is 3.55. The van der Waals surface area contributed by atoms with Crippen LogP contribution in [0.4, 0.5) is 0 Å². The van der Waals surface area contributed by atoms with E-state index in [0.717, 1.165) is 54.6 Å². The van der Waals surface area contributed by atoms with Crippen LogP contribution in [0.5, 0.6) is 0 Å². The fourth-order valence-corrected chi connectivity index (χ4v) is 4.17. The lowest BCUT2D eigenvalue weighted by Gasteiger charge is -2.38. The third-order valence-electron chi connectivity index (χ3n) is 4.54. The van der Waals surface area contributed by atoms with Crippen molar-refractivity contribution in [2.24, 2.45) is 5.41 Å². The predicted molar refractivity (Wildman–Crippen MR) is 91.1 cm³/mol. The third-order valence-corrected chi connectivity index (χ3v) is 5.60. The van der Waals surface area contributed by atoms with Crippen LogP contribution in [0.25, 0.3) is 0 Å². The number of carbonyl (C=O) groups excluding carboxylic acids is 1. The molecule has 0 saturated carbocycles. The van der Waals surface area contributed by atoms with Crippen molar-refractivity contribution in [3.63, 3.8) is 0 Å². The second kappa shape index (κ2) is 7.27. The number of aryl methyl sites for hydroxylation is 2. The number of rotatable bonds is 1. The fraction of sp³-hybridized carbons (Fsp3) is 0.714. The minimum absolute atomic E-state index is 0. The van der Waals surface area contributed by atoms with E-state index in [4.69, 9.17) is 0 Å². The molecule has 120 valence electrons. The van der Waals surface area contributed by atoms with Gasteiger partial charge >= 0.3 is 0 Å². The lowest BCUT2D eigenvalue weighted by molar-refractivity contribution is 0.0611. The van der Waals surface area contributed by atoms with Crippen LogP contribution in [0.1, 0.15) is 39.6 Å². The van der Waals surface area contributed by atoms with Crippen molar-refractivity contribution in [2.45, 2.75) is 33.1 Å². The van der Waals surface area contributed by atoms with Gasteiger partial charge in [-0.15, -0.1) is 36.2 Å². The van der Waals surface area contributed by atoms with Gasteiger partial charge < -0.3 is 10.2 Å². The molecule has 1 amide bonds. The number of nitrogens with zero attached hydrogens (tertiary/aromatic N) is 2. The third kappa shape index (κ3) is 3.70. The number of likely N-dealkylation sites (tertiary alicyclic amines) is 1. The molecule has 1 spiro atoms. The molecule has 4 nitrogen and oxygen atoms in total. The topological polar surface area (TPSA) is 45.2 Å². The quantitative estimate of drug-likeness (QED) is 0.845. The Hall–Kier alpha value is -0.360. The monoisotopic (exact) mass is 351 g/mol. The van der Waals surface area contributed by atoms with Gasteiger partial charge in [-0.25, -0.2) is 4.98 Å². The molecule has 0 atom stereocenters. The van der Waals surface area contributed by atoms with Gasteiger partial charge in [-0.1, -0.05) is 0 Å². The lowest BCUT2D eigenvalue weighted by Crippen LogP contribution is -2.44. The minimum Gasteiger partial charge on any atom is -0.338 e. The summed E-state index contributed by atoms with van der Waals surface area (Å²) in [4.78, 5) is 19.7. The number of thiazole rings is 1. The Morgan fingerprint density at radius 1 is 1.24 bits per heavy atom. The van der Waals surface area contributed by atoms with E-state index in [1.54, 1.807) is 0 Å². The summed E-state index contributed by atoms with van der Waals surface area (Å²) in [7, 11) is 0. The van der Waals surface area contributed by atoms with Crippen molar-refractivity contribution in [3.05, 3.63) is 15.6 Å². The number of aromatic nitrogens is 1. The van der Waals surface area contributed by atoms with Crippen LogP contribution in [0, 0.1) is 19.3 Å². The molecule has 7 heteroatoms. The first-order valence-corrected chi connectivity index (χ1v) is 7.85. The van der Waals surface area contributed by atoms with Gasteiger partial charge in [-0.05, 0) is 45.1 Å². The van der Waals surface area contributed by atoms with Gasteiger partial charge in [-0.2, -0.15) is 0 Å². The van der Waals surface area contributed by atoms with Crippen LogP contribution in [-0.4, -0.2) is 42.0 Å². The molecule has 2 saturated heterocycles. The highest BCUT2D eigenvalue weighted by Crippen LogP contribution is 2.37. The van der Waals surface area contributed by atoms with Gasteiger partial charge in [0.05, 0.1) is 10.7 Å². The Bertz CT molecular complexity index is 490. The Labute approximate surface area is 142 Å². The molecule has 1 N–H and O–H groups in total. The summed E-state index contributed by atoms with van der Waals surface area (Å²) in [6.45, 7) is 7.97. The molecule has 1 aromatic rings. The zero-order chi connectivity index (χ0) is 13.5. The molecular formula is C14H23Cl2N3OS. The van der Waals surface area contributed by atoms with E-state index >= 15 is 0 Å². The molecule has 2 aliphatic rings. The maximum absolute atomic E-state index is 12.5. The number of carbonyl (C=O) groups is 1. The zero-order valence-corrected chi connectivity index (χ0v) is 14.9. The molecular weight excluding hydrogens is 329 g/mol. The molecule has 3 rings (SSSR count). The maximum atomic E-state index is 12.5. The molecule has 0 radical (unpaired) electrons. The average molecular weight is 352 g/mol. The van der Waals surface area contributed by atoms with E-state index in [0.29, 0.717) is 5.41 Å². The fourth-order valence-electron chi connectivity index (χ4n) is 3.28. The Morgan fingerprint density at radius 3 is 2.38 bits per heavy atom. The smallest absolute Gasteiger partial charge is 0.265 e. The number of halogens is 2. The molecule has 0 bridgehead atoms. The van der Waals surface area contributed by atoms with Crippen molar-refractivity contribution in [1.29, 1.82) is 0 Å². The van der Waals surface area contributed by atoms with Crippen molar-refractivity contribution >= 4 is 42.1 Å². The first-order valence-electron chi connectivity index (χ1n) is 7.04. The number of hydrogen-bond donors (Lipinski definition) is 1. The van der Waals surface area contributed by atoms with E-state index in [1.807, 2.05) is 18.7 Å². The first kappa shape index (κ1) is 18.7. The maximum Gasteiger partial charge on any atom is 0.265 e. The number of nitrogens with one attached hydrogen (secondary N) is 1. The van der Waals surface area contributed by atoms with Crippen molar-refractivity contribution < 1.29 is 4.79 Å². The molecule has 3 heterocycles. The van der Waals surface area contributed by atoms with Gasteiger partial charge in [0.15, 0.2) is 0 Å². The van der Waals surface area contributed by atoms with Crippen molar-refractivity contribution in [1.82, 2.24) is 15.2 Å². The molecule has 21 heavy (non-hydrogen) atoms. The zero-order valence-electron chi connectivity index (χ0n) is 12.5. The SMILES string of the molecule is Cc1nc(C)c(C(=O)N2CCC3(CCNC3)CC2)s1.Cl.Cl. The van der Waals surface area contributed by atoms with Crippen LogP contribution in [-0.2, 0) is 0 Å². The molecule has 0 aromatic carbocycles. The van der Waals surface area contributed by atoms with Gasteiger partial charge in [0.1, 0.15) is 4.88 Å². The number of amides is 1. The molecule has 0 unspecified atom stereocenters. The number of hydrogen-bond acceptors (Lipinski definition) is 4. The van der Waals surface area contributed by atoms with Gasteiger partial charge in [0.25, 0.3) is 5.91 Å². The summed E-state index contributed by atoms with van der Waals surface area (Å²) >= 11 is 1.53. The first-order chi connectivity index (χ1) is 9.10. The average Bonchev–Trinajstić information content (AvgIpc) is 2.97. The van der Waals surface area contributed by atoms with E-state index in [-0.39, 0.29) is 30.7 Å². The Kier molecular flexibility index (Phi) is 6.47. The van der Waals surface area contributed by atoms with Crippen LogP contribution < -0.4 is 5.32 Å². The van der Waals surface area contributed by atoms with E-state index < -0.39 is 0 Å². The van der Waals surface area contributed by atoms with Crippen molar-refractivity contribution in [2.75, 3.05) is 26.2 Å². The molecule has 2 aliphatic heterocycles. The standard InChI is InChI=1S/C14H21N3OS.2ClH/c1-10-12(19-11(2)16-10)13(18)17-7-4-14(5-8-17)3-6-15-9-14;;/h15H,3-9H2,1-2H3;2*1H. The second-order valence-corrected chi connectivity index (χ2v) is 7.07. The van der Waals surface area contributed by atoms with Gasteiger partial charge in [0.2, 0.25) is 0 Å². The van der Waals surface area contributed by atoms with E-state index in [1.165, 1.54) is 17.8 Å².